The van der Waals surface area contributed by atoms with E-state index in [0.717, 1.165) is 18.4 Å². The number of ether oxygens (including phenoxy) is 1. The largest absolute Gasteiger partial charge is 0.469 e. The summed E-state index contributed by atoms with van der Waals surface area (Å²) in [4.78, 5) is 37.0. The van der Waals surface area contributed by atoms with Gasteiger partial charge in [0.05, 0.1) is 20.0 Å². The molecule has 0 unspecified atom stereocenters. The Labute approximate surface area is 142 Å². The summed E-state index contributed by atoms with van der Waals surface area (Å²) in [5.74, 6) is -0.405. The van der Waals surface area contributed by atoms with Crippen molar-refractivity contribution in [1.29, 1.82) is 0 Å². The molecule has 2 rings (SSSR count). The molecule has 1 aliphatic heterocycles. The standard InChI is InChI=1S/C18H24N2O4/c1-24-18(23)8-7-16(21)19-15-9-11-20(12-10-15)17(22)13-14-5-3-2-4-6-14/h2-6,15H,7-13H2,1H3,(H,19,21). The third kappa shape index (κ3) is 5.68. The highest BCUT2D eigenvalue weighted by Gasteiger charge is 2.23. The van der Waals surface area contributed by atoms with E-state index in [1.165, 1.54) is 7.11 Å². The van der Waals surface area contributed by atoms with Crippen LogP contribution in [0.3, 0.4) is 0 Å². The molecular weight excluding hydrogens is 308 g/mol. The fraction of sp³-hybridized carbons (Fsp3) is 0.500. The van der Waals surface area contributed by atoms with Gasteiger partial charge in [-0.25, -0.2) is 0 Å². The van der Waals surface area contributed by atoms with Crippen molar-refractivity contribution in [3.8, 4) is 0 Å². The van der Waals surface area contributed by atoms with Gasteiger partial charge in [-0.3, -0.25) is 14.4 Å². The molecule has 24 heavy (non-hydrogen) atoms. The Hall–Kier alpha value is -2.37. The molecule has 1 aromatic carbocycles. The summed E-state index contributed by atoms with van der Waals surface area (Å²) in [6.07, 6.45) is 2.13. The van der Waals surface area contributed by atoms with Gasteiger partial charge in [-0.2, -0.15) is 0 Å². The van der Waals surface area contributed by atoms with Gasteiger partial charge in [0, 0.05) is 25.6 Å². The van der Waals surface area contributed by atoms with Gasteiger partial charge in [-0.1, -0.05) is 30.3 Å². The molecule has 6 nitrogen and oxygen atoms in total. The SMILES string of the molecule is COC(=O)CCC(=O)NC1CCN(C(=O)Cc2ccccc2)CC1. The summed E-state index contributed by atoms with van der Waals surface area (Å²) < 4.78 is 4.52. The van der Waals surface area contributed by atoms with E-state index < -0.39 is 0 Å². The molecule has 1 fully saturated rings. The van der Waals surface area contributed by atoms with Crippen molar-refractivity contribution in [2.24, 2.45) is 0 Å². The van der Waals surface area contributed by atoms with E-state index in [1.807, 2.05) is 35.2 Å². The quantitative estimate of drug-likeness (QED) is 0.797. The van der Waals surface area contributed by atoms with Crippen LogP contribution in [0.2, 0.25) is 0 Å². The van der Waals surface area contributed by atoms with Gasteiger partial charge < -0.3 is 15.0 Å². The Morgan fingerprint density at radius 2 is 1.79 bits per heavy atom. The van der Waals surface area contributed by atoms with Crippen molar-refractivity contribution in [3.63, 3.8) is 0 Å². The van der Waals surface area contributed by atoms with Crippen LogP contribution in [0, 0.1) is 0 Å². The zero-order valence-electron chi connectivity index (χ0n) is 14.0. The summed E-state index contributed by atoms with van der Waals surface area (Å²) in [7, 11) is 1.31. The van der Waals surface area contributed by atoms with E-state index >= 15 is 0 Å². The van der Waals surface area contributed by atoms with Crippen LogP contribution in [0.4, 0.5) is 0 Å². The second kappa shape index (κ2) is 9.05. The highest BCUT2D eigenvalue weighted by Crippen LogP contribution is 2.13. The molecule has 6 heteroatoms. The van der Waals surface area contributed by atoms with Crippen molar-refractivity contribution in [1.82, 2.24) is 10.2 Å². The van der Waals surface area contributed by atoms with Gasteiger partial charge in [0.2, 0.25) is 11.8 Å². The molecule has 1 heterocycles. The van der Waals surface area contributed by atoms with Crippen LogP contribution in [-0.4, -0.2) is 48.9 Å². The van der Waals surface area contributed by atoms with Crippen LogP contribution >= 0.6 is 0 Å². The van der Waals surface area contributed by atoms with Gasteiger partial charge in [-0.15, -0.1) is 0 Å². The van der Waals surface area contributed by atoms with E-state index in [2.05, 4.69) is 10.1 Å². The maximum absolute atomic E-state index is 12.3. The number of nitrogens with one attached hydrogen (secondary N) is 1. The second-order valence-corrected chi connectivity index (χ2v) is 5.96. The fourth-order valence-electron chi connectivity index (χ4n) is 2.77. The minimum atomic E-state index is -0.383. The molecule has 2 amide bonds. The first kappa shape index (κ1) is 18.0. The number of amides is 2. The average molecular weight is 332 g/mol. The molecule has 0 atom stereocenters. The average Bonchev–Trinajstić information content (AvgIpc) is 2.61. The number of carbonyl (C=O) groups excluding carboxylic acids is 3. The van der Waals surface area contributed by atoms with E-state index in [-0.39, 0.29) is 36.7 Å². The fourth-order valence-corrected chi connectivity index (χ4v) is 2.77. The predicted octanol–water partition coefficient (Wildman–Crippen LogP) is 1.29. The minimum Gasteiger partial charge on any atom is -0.469 e. The number of nitrogens with zero attached hydrogens (tertiary/aromatic N) is 1. The number of hydrogen-bond acceptors (Lipinski definition) is 4. The van der Waals surface area contributed by atoms with Gasteiger partial charge in [0.25, 0.3) is 0 Å². The zero-order chi connectivity index (χ0) is 17.4. The molecule has 1 saturated heterocycles. The van der Waals surface area contributed by atoms with Gasteiger partial charge in [0.1, 0.15) is 0 Å². The lowest BCUT2D eigenvalue weighted by Crippen LogP contribution is -2.47. The van der Waals surface area contributed by atoms with Crippen LogP contribution in [0.15, 0.2) is 30.3 Å². The highest BCUT2D eigenvalue weighted by molar-refractivity contribution is 5.81. The topological polar surface area (TPSA) is 75.7 Å². The molecule has 1 aliphatic rings. The first-order valence-corrected chi connectivity index (χ1v) is 8.26. The Kier molecular flexibility index (Phi) is 6.78. The van der Waals surface area contributed by atoms with E-state index in [4.69, 9.17) is 0 Å². The lowest BCUT2D eigenvalue weighted by Gasteiger charge is -2.32. The first-order valence-electron chi connectivity index (χ1n) is 8.26. The van der Waals surface area contributed by atoms with E-state index in [9.17, 15) is 14.4 Å². The third-order valence-electron chi connectivity index (χ3n) is 4.19. The molecular formula is C18H24N2O4. The van der Waals surface area contributed by atoms with Crippen molar-refractivity contribution in [3.05, 3.63) is 35.9 Å². The van der Waals surface area contributed by atoms with Crippen LogP contribution in [0.5, 0.6) is 0 Å². The highest BCUT2D eigenvalue weighted by atomic mass is 16.5. The third-order valence-corrected chi connectivity index (χ3v) is 4.19. The zero-order valence-corrected chi connectivity index (χ0v) is 14.0. The second-order valence-electron chi connectivity index (χ2n) is 5.96. The van der Waals surface area contributed by atoms with Gasteiger partial charge in [0.15, 0.2) is 0 Å². The lowest BCUT2D eigenvalue weighted by molar-refractivity contribution is -0.142. The molecule has 0 radical (unpaired) electrons. The monoisotopic (exact) mass is 332 g/mol. The van der Waals surface area contributed by atoms with Crippen molar-refractivity contribution in [2.75, 3.05) is 20.2 Å². The van der Waals surface area contributed by atoms with Crippen molar-refractivity contribution >= 4 is 17.8 Å². The van der Waals surface area contributed by atoms with Crippen LogP contribution in [0.25, 0.3) is 0 Å². The Morgan fingerprint density at radius 1 is 1.12 bits per heavy atom. The normalized spacial score (nSPS) is 15.0. The molecule has 1 N–H and O–H groups in total. The number of carbonyl (C=O) groups is 3. The molecule has 1 aromatic rings. The number of benzene rings is 1. The molecule has 0 saturated carbocycles. The molecule has 0 aromatic heterocycles. The Bertz CT molecular complexity index is 566. The van der Waals surface area contributed by atoms with Crippen molar-refractivity contribution in [2.45, 2.75) is 38.1 Å². The summed E-state index contributed by atoms with van der Waals surface area (Å²) in [5, 5.41) is 2.92. The summed E-state index contributed by atoms with van der Waals surface area (Å²) in [6.45, 7) is 1.29. The van der Waals surface area contributed by atoms with E-state index in [0.29, 0.717) is 19.5 Å². The van der Waals surface area contributed by atoms with Crippen molar-refractivity contribution < 1.29 is 19.1 Å². The van der Waals surface area contributed by atoms with Gasteiger partial charge >= 0.3 is 5.97 Å². The maximum Gasteiger partial charge on any atom is 0.306 e. The molecule has 130 valence electrons. The molecule has 0 bridgehead atoms. The summed E-state index contributed by atoms with van der Waals surface area (Å²) in [5.41, 5.74) is 1.01. The number of piperidine rings is 1. The maximum atomic E-state index is 12.3. The Morgan fingerprint density at radius 3 is 2.42 bits per heavy atom. The molecule has 0 aliphatic carbocycles. The number of methoxy groups -OCH3 is 1. The van der Waals surface area contributed by atoms with Gasteiger partial charge in [-0.05, 0) is 18.4 Å². The molecule has 0 spiro atoms. The lowest BCUT2D eigenvalue weighted by atomic mass is 10.0. The number of hydrogen-bond donors (Lipinski definition) is 1. The summed E-state index contributed by atoms with van der Waals surface area (Å²) >= 11 is 0. The smallest absolute Gasteiger partial charge is 0.306 e. The summed E-state index contributed by atoms with van der Waals surface area (Å²) in [6, 6.07) is 9.76. The minimum absolute atomic E-state index is 0.0657. The number of likely N-dealkylation sites (tertiary alicyclic amines) is 1. The van der Waals surface area contributed by atoms with Crippen LogP contribution in [-0.2, 0) is 25.5 Å². The Balaban J connectivity index is 1.70. The van der Waals surface area contributed by atoms with E-state index in [1.54, 1.807) is 0 Å². The number of esters is 1. The van der Waals surface area contributed by atoms with Crippen LogP contribution in [0.1, 0.15) is 31.2 Å². The van der Waals surface area contributed by atoms with Crippen LogP contribution < -0.4 is 5.32 Å². The number of rotatable bonds is 6. The first-order chi connectivity index (χ1) is 11.6. The predicted molar refractivity (Wildman–Crippen MR) is 89.1 cm³/mol.